The van der Waals surface area contributed by atoms with Gasteiger partial charge in [-0.1, -0.05) is 32.4 Å². The molecular weight excluding hydrogens is 244 g/mol. The third-order valence-corrected chi connectivity index (χ3v) is 4.37. The lowest BCUT2D eigenvalue weighted by Gasteiger charge is -2.22. The molecule has 2 nitrogen and oxygen atoms in total. The summed E-state index contributed by atoms with van der Waals surface area (Å²) in [5.74, 6) is 0. The molecule has 1 aromatic rings. The summed E-state index contributed by atoms with van der Waals surface area (Å²) in [6.45, 7) is 5.83. The Hall–Kier alpha value is -1.02. The first-order chi connectivity index (χ1) is 9.44. The van der Waals surface area contributed by atoms with Gasteiger partial charge in [-0.2, -0.15) is 0 Å². The molecular formula is C18H30N2. The summed E-state index contributed by atoms with van der Waals surface area (Å²) < 4.78 is 0. The molecule has 0 heterocycles. The highest BCUT2D eigenvalue weighted by atomic mass is 15.0. The van der Waals surface area contributed by atoms with Crippen molar-refractivity contribution in [3.8, 4) is 0 Å². The van der Waals surface area contributed by atoms with Gasteiger partial charge in [-0.25, -0.2) is 0 Å². The average Bonchev–Trinajstić information content (AvgIpc) is 2.51. The Labute approximate surface area is 124 Å². The van der Waals surface area contributed by atoms with E-state index in [2.05, 4.69) is 62.4 Å². The third kappa shape index (κ3) is 4.82. The largest absolute Gasteiger partial charge is 0.382 e. The van der Waals surface area contributed by atoms with E-state index in [0.29, 0.717) is 11.5 Å². The predicted octanol–water partition coefficient (Wildman–Crippen LogP) is 4.52. The van der Waals surface area contributed by atoms with E-state index in [-0.39, 0.29) is 0 Å². The Morgan fingerprint density at radius 1 is 1.20 bits per heavy atom. The van der Waals surface area contributed by atoms with E-state index in [0.717, 1.165) is 6.54 Å². The smallest absolute Gasteiger partial charge is 0.0345 e. The first-order valence-corrected chi connectivity index (χ1v) is 7.95. The first kappa shape index (κ1) is 15.4. The molecule has 20 heavy (non-hydrogen) atoms. The van der Waals surface area contributed by atoms with Crippen molar-refractivity contribution in [1.82, 2.24) is 4.90 Å². The second-order valence-corrected chi connectivity index (χ2v) is 7.37. The highest BCUT2D eigenvalue weighted by Gasteiger charge is 2.24. The van der Waals surface area contributed by atoms with Gasteiger partial charge in [0.15, 0.2) is 0 Å². The SMILES string of the molecule is CN(C)Cc1cccc(NC2CCCC(C)(C)CC2)c1. The predicted molar refractivity (Wildman–Crippen MR) is 88.1 cm³/mol. The Kier molecular flexibility index (Phi) is 5.09. The molecule has 1 aromatic carbocycles. The lowest BCUT2D eigenvalue weighted by molar-refractivity contribution is 0.313. The quantitative estimate of drug-likeness (QED) is 0.812. The molecule has 1 atom stereocenters. The van der Waals surface area contributed by atoms with Gasteiger partial charge in [0.2, 0.25) is 0 Å². The zero-order valence-electron chi connectivity index (χ0n) is 13.6. The van der Waals surface area contributed by atoms with Crippen molar-refractivity contribution in [3.63, 3.8) is 0 Å². The van der Waals surface area contributed by atoms with Gasteiger partial charge in [0.1, 0.15) is 0 Å². The molecule has 112 valence electrons. The van der Waals surface area contributed by atoms with Crippen LogP contribution in [0.2, 0.25) is 0 Å². The van der Waals surface area contributed by atoms with Crippen molar-refractivity contribution in [3.05, 3.63) is 29.8 Å². The van der Waals surface area contributed by atoms with Gasteiger partial charge in [0.05, 0.1) is 0 Å². The topological polar surface area (TPSA) is 15.3 Å². The molecule has 0 amide bonds. The number of hydrogen-bond donors (Lipinski definition) is 1. The molecule has 2 heteroatoms. The fraction of sp³-hybridized carbons (Fsp3) is 0.667. The lowest BCUT2D eigenvalue weighted by Crippen LogP contribution is -2.19. The Balaban J connectivity index is 1.95. The van der Waals surface area contributed by atoms with E-state index in [9.17, 15) is 0 Å². The monoisotopic (exact) mass is 274 g/mol. The van der Waals surface area contributed by atoms with Crippen molar-refractivity contribution in [2.75, 3.05) is 19.4 Å². The lowest BCUT2D eigenvalue weighted by atomic mass is 9.85. The highest BCUT2D eigenvalue weighted by molar-refractivity contribution is 5.46. The van der Waals surface area contributed by atoms with Crippen molar-refractivity contribution in [2.45, 2.75) is 58.5 Å². The van der Waals surface area contributed by atoms with Gasteiger partial charge < -0.3 is 10.2 Å². The molecule has 1 aliphatic rings. The first-order valence-electron chi connectivity index (χ1n) is 7.95. The van der Waals surface area contributed by atoms with Crippen LogP contribution in [0.3, 0.4) is 0 Å². The van der Waals surface area contributed by atoms with Crippen LogP contribution in [0.4, 0.5) is 5.69 Å². The van der Waals surface area contributed by atoms with Crippen LogP contribution in [0, 0.1) is 5.41 Å². The maximum absolute atomic E-state index is 3.75. The number of nitrogens with one attached hydrogen (secondary N) is 1. The molecule has 0 aromatic heterocycles. The van der Waals surface area contributed by atoms with Crippen LogP contribution in [-0.2, 0) is 6.54 Å². The third-order valence-electron chi connectivity index (χ3n) is 4.37. The van der Waals surface area contributed by atoms with E-state index >= 15 is 0 Å². The van der Waals surface area contributed by atoms with Crippen LogP contribution >= 0.6 is 0 Å². The minimum Gasteiger partial charge on any atom is -0.382 e. The van der Waals surface area contributed by atoms with Gasteiger partial charge in [0.25, 0.3) is 0 Å². The van der Waals surface area contributed by atoms with E-state index in [1.54, 1.807) is 0 Å². The molecule has 0 radical (unpaired) electrons. The molecule has 0 bridgehead atoms. The van der Waals surface area contributed by atoms with Gasteiger partial charge in [-0.15, -0.1) is 0 Å². The summed E-state index contributed by atoms with van der Waals surface area (Å²) >= 11 is 0. The summed E-state index contributed by atoms with van der Waals surface area (Å²) in [7, 11) is 4.24. The van der Waals surface area contributed by atoms with Gasteiger partial charge in [0, 0.05) is 18.3 Å². The molecule has 1 saturated carbocycles. The van der Waals surface area contributed by atoms with Crippen molar-refractivity contribution in [1.29, 1.82) is 0 Å². The number of benzene rings is 1. The summed E-state index contributed by atoms with van der Waals surface area (Å²) in [5.41, 5.74) is 3.20. The maximum atomic E-state index is 3.75. The van der Waals surface area contributed by atoms with Gasteiger partial charge in [-0.05, 0) is 62.9 Å². The van der Waals surface area contributed by atoms with E-state index < -0.39 is 0 Å². The number of hydrogen-bond acceptors (Lipinski definition) is 2. The number of anilines is 1. The Bertz CT molecular complexity index is 423. The molecule has 0 aliphatic heterocycles. The standard InChI is InChI=1S/C18H30N2/c1-18(2)11-6-9-16(10-12-18)19-17-8-5-7-15(13-17)14-20(3)4/h5,7-8,13,16,19H,6,9-12,14H2,1-4H3. The van der Waals surface area contributed by atoms with Crippen LogP contribution in [0.15, 0.2) is 24.3 Å². The van der Waals surface area contributed by atoms with Crippen molar-refractivity contribution < 1.29 is 0 Å². The zero-order valence-corrected chi connectivity index (χ0v) is 13.6. The van der Waals surface area contributed by atoms with Crippen LogP contribution in [0.25, 0.3) is 0 Å². The highest BCUT2D eigenvalue weighted by Crippen LogP contribution is 2.34. The zero-order chi connectivity index (χ0) is 14.6. The molecule has 1 fully saturated rings. The fourth-order valence-electron chi connectivity index (χ4n) is 3.17. The fourth-order valence-corrected chi connectivity index (χ4v) is 3.17. The summed E-state index contributed by atoms with van der Waals surface area (Å²) in [4.78, 5) is 2.22. The second-order valence-electron chi connectivity index (χ2n) is 7.37. The maximum Gasteiger partial charge on any atom is 0.0345 e. The molecule has 1 N–H and O–H groups in total. The van der Waals surface area contributed by atoms with Gasteiger partial charge in [-0.3, -0.25) is 0 Å². The summed E-state index contributed by atoms with van der Waals surface area (Å²) in [6, 6.07) is 9.53. The van der Waals surface area contributed by atoms with E-state index in [4.69, 9.17) is 0 Å². The normalized spacial score (nSPS) is 22.6. The average molecular weight is 274 g/mol. The van der Waals surface area contributed by atoms with E-state index in [1.807, 2.05) is 0 Å². The summed E-state index contributed by atoms with van der Waals surface area (Å²) in [5, 5.41) is 3.75. The van der Waals surface area contributed by atoms with Crippen LogP contribution in [-0.4, -0.2) is 25.0 Å². The Morgan fingerprint density at radius 2 is 2.00 bits per heavy atom. The van der Waals surface area contributed by atoms with Gasteiger partial charge >= 0.3 is 0 Å². The van der Waals surface area contributed by atoms with E-state index in [1.165, 1.54) is 43.4 Å². The Morgan fingerprint density at radius 3 is 2.75 bits per heavy atom. The molecule has 2 rings (SSSR count). The molecule has 1 unspecified atom stereocenters. The van der Waals surface area contributed by atoms with Crippen molar-refractivity contribution in [2.24, 2.45) is 5.41 Å². The van der Waals surface area contributed by atoms with Crippen molar-refractivity contribution >= 4 is 5.69 Å². The van der Waals surface area contributed by atoms with Crippen LogP contribution in [0.5, 0.6) is 0 Å². The number of nitrogens with zero attached hydrogens (tertiary/aromatic N) is 1. The molecule has 1 aliphatic carbocycles. The second kappa shape index (κ2) is 6.62. The molecule has 0 saturated heterocycles. The van der Waals surface area contributed by atoms with Crippen LogP contribution in [0.1, 0.15) is 51.5 Å². The minimum absolute atomic E-state index is 0.531. The molecule has 0 spiro atoms. The number of rotatable bonds is 4. The van der Waals surface area contributed by atoms with Crippen LogP contribution < -0.4 is 5.32 Å². The summed E-state index contributed by atoms with van der Waals surface area (Å²) in [6.07, 6.45) is 6.65. The minimum atomic E-state index is 0.531.